The van der Waals surface area contributed by atoms with Crippen LogP contribution >= 0.6 is 0 Å². The number of nitro groups is 1. The number of halogens is 3. The third-order valence-corrected chi connectivity index (χ3v) is 2.30. The molecule has 2 atom stereocenters. The fraction of sp³-hybridized carbons (Fsp3) is 0.500. The van der Waals surface area contributed by atoms with Crippen molar-refractivity contribution in [1.82, 2.24) is 9.55 Å². The average Bonchev–Trinajstić information content (AvgIpc) is 2.71. The molecule has 0 radical (unpaired) electrons. The molecule has 19 heavy (non-hydrogen) atoms. The van der Waals surface area contributed by atoms with Gasteiger partial charge in [0, 0.05) is 6.42 Å². The maximum absolute atomic E-state index is 12.2. The highest BCUT2D eigenvalue weighted by atomic mass is 19.4. The molecule has 1 heterocycles. The SMILES string of the molecule is NC(=O)C(CC(O)C(F)(F)F)n1ccnc1[N+](=O)[O-]. The summed E-state index contributed by atoms with van der Waals surface area (Å²) in [5, 5.41) is 19.5. The number of hydrogen-bond acceptors (Lipinski definition) is 5. The van der Waals surface area contributed by atoms with E-state index in [0.29, 0.717) is 4.57 Å². The summed E-state index contributed by atoms with van der Waals surface area (Å²) in [5.74, 6) is -2.08. The molecule has 0 bridgehead atoms. The topological polar surface area (TPSA) is 124 Å². The number of alkyl halides is 3. The van der Waals surface area contributed by atoms with Crippen molar-refractivity contribution in [3.05, 3.63) is 22.5 Å². The summed E-state index contributed by atoms with van der Waals surface area (Å²) in [5.41, 5.74) is 4.90. The van der Waals surface area contributed by atoms with Crippen LogP contribution in [0.2, 0.25) is 0 Å². The Balaban J connectivity index is 3.05. The molecular weight excluding hydrogens is 273 g/mol. The average molecular weight is 282 g/mol. The number of hydrogen-bond donors (Lipinski definition) is 2. The third-order valence-electron chi connectivity index (χ3n) is 2.30. The Labute approximate surface area is 103 Å². The molecule has 0 saturated carbocycles. The third kappa shape index (κ3) is 3.40. The van der Waals surface area contributed by atoms with Gasteiger partial charge in [-0.2, -0.15) is 13.2 Å². The number of rotatable bonds is 5. The van der Waals surface area contributed by atoms with Crippen molar-refractivity contribution in [2.24, 2.45) is 5.73 Å². The lowest BCUT2D eigenvalue weighted by atomic mass is 10.1. The zero-order valence-electron chi connectivity index (χ0n) is 9.24. The number of aliphatic hydroxyl groups excluding tert-OH is 1. The second kappa shape index (κ2) is 5.22. The number of carbonyl (C=O) groups is 1. The number of carbonyl (C=O) groups excluding carboxylic acids is 1. The minimum absolute atomic E-state index is 0.581. The second-order valence-corrected chi connectivity index (χ2v) is 3.60. The zero-order chi connectivity index (χ0) is 14.8. The van der Waals surface area contributed by atoms with Gasteiger partial charge in [-0.05, 0) is 4.92 Å². The van der Waals surface area contributed by atoms with Gasteiger partial charge < -0.3 is 21.0 Å². The first-order valence-corrected chi connectivity index (χ1v) is 4.86. The van der Waals surface area contributed by atoms with Gasteiger partial charge in [0.05, 0.1) is 0 Å². The van der Waals surface area contributed by atoms with Crippen LogP contribution in [0.5, 0.6) is 0 Å². The quantitative estimate of drug-likeness (QED) is 0.586. The number of primary amides is 1. The Hall–Kier alpha value is -2.17. The van der Waals surface area contributed by atoms with Crippen LogP contribution in [0.1, 0.15) is 12.5 Å². The van der Waals surface area contributed by atoms with E-state index in [1.54, 1.807) is 0 Å². The van der Waals surface area contributed by atoms with Gasteiger partial charge in [-0.1, -0.05) is 4.98 Å². The number of aliphatic hydroxyl groups is 1. The monoisotopic (exact) mass is 282 g/mol. The Morgan fingerprint density at radius 3 is 2.63 bits per heavy atom. The lowest BCUT2D eigenvalue weighted by Crippen LogP contribution is -2.36. The number of nitrogens with two attached hydrogens (primary N) is 1. The molecule has 8 nitrogen and oxygen atoms in total. The van der Waals surface area contributed by atoms with E-state index in [2.05, 4.69) is 4.98 Å². The van der Waals surface area contributed by atoms with E-state index in [1.165, 1.54) is 0 Å². The molecular formula is C8H9F3N4O4. The van der Waals surface area contributed by atoms with Crippen LogP contribution < -0.4 is 5.73 Å². The van der Waals surface area contributed by atoms with E-state index in [4.69, 9.17) is 10.8 Å². The molecule has 1 amide bonds. The summed E-state index contributed by atoms with van der Waals surface area (Å²) >= 11 is 0. The zero-order valence-corrected chi connectivity index (χ0v) is 9.24. The molecule has 1 aromatic rings. The summed E-state index contributed by atoms with van der Waals surface area (Å²) in [6.07, 6.45) is -7.03. The molecule has 0 spiro atoms. The van der Waals surface area contributed by atoms with Gasteiger partial charge in [0.25, 0.3) is 5.91 Å². The fourth-order valence-corrected chi connectivity index (χ4v) is 1.40. The smallest absolute Gasteiger partial charge is 0.390 e. The summed E-state index contributed by atoms with van der Waals surface area (Å²) in [4.78, 5) is 24.0. The highest BCUT2D eigenvalue weighted by Gasteiger charge is 2.42. The lowest BCUT2D eigenvalue weighted by molar-refractivity contribution is -0.397. The molecule has 2 unspecified atom stereocenters. The molecule has 1 aromatic heterocycles. The van der Waals surface area contributed by atoms with Gasteiger partial charge in [0.2, 0.25) is 0 Å². The molecule has 11 heteroatoms. The van der Waals surface area contributed by atoms with Crippen LogP contribution in [0.3, 0.4) is 0 Å². The maximum atomic E-state index is 12.2. The van der Waals surface area contributed by atoms with Crippen molar-refractivity contribution >= 4 is 11.9 Å². The van der Waals surface area contributed by atoms with E-state index in [-0.39, 0.29) is 0 Å². The summed E-state index contributed by atoms with van der Waals surface area (Å²) in [6.45, 7) is 0. The summed E-state index contributed by atoms with van der Waals surface area (Å²) in [6, 6.07) is -1.72. The highest BCUT2D eigenvalue weighted by Crippen LogP contribution is 2.28. The second-order valence-electron chi connectivity index (χ2n) is 3.60. The van der Waals surface area contributed by atoms with Gasteiger partial charge in [0.15, 0.2) is 12.1 Å². The van der Waals surface area contributed by atoms with Crippen LogP contribution in [0.25, 0.3) is 0 Å². The number of imidazole rings is 1. The van der Waals surface area contributed by atoms with E-state index < -0.39 is 41.5 Å². The summed E-state index contributed by atoms with van der Waals surface area (Å²) < 4.78 is 37.2. The minimum atomic E-state index is -4.96. The standard InChI is InChI=1S/C8H9F3N4O4/c9-8(10,11)5(16)3-4(6(12)17)14-2-1-13-7(14)15(18)19/h1-2,4-5,16H,3H2,(H2,12,17). The van der Waals surface area contributed by atoms with Gasteiger partial charge in [-0.3, -0.25) is 4.79 Å². The normalized spacial score (nSPS) is 14.9. The van der Waals surface area contributed by atoms with Crippen molar-refractivity contribution in [3.8, 4) is 0 Å². The molecule has 0 fully saturated rings. The molecule has 0 aromatic carbocycles. The minimum Gasteiger partial charge on any atom is -0.390 e. The predicted octanol–water partition coefficient (Wildman–Crippen LogP) is 0.131. The molecule has 0 aliphatic carbocycles. The van der Waals surface area contributed by atoms with Crippen molar-refractivity contribution < 1.29 is 28.0 Å². The van der Waals surface area contributed by atoms with E-state index in [0.717, 1.165) is 12.4 Å². The van der Waals surface area contributed by atoms with Crippen LogP contribution in [0.4, 0.5) is 19.1 Å². The van der Waals surface area contributed by atoms with Gasteiger partial charge >= 0.3 is 12.1 Å². The van der Waals surface area contributed by atoms with Crippen molar-refractivity contribution in [1.29, 1.82) is 0 Å². The molecule has 3 N–H and O–H groups in total. The number of nitrogens with zero attached hydrogens (tertiary/aromatic N) is 3. The van der Waals surface area contributed by atoms with Crippen molar-refractivity contribution in [3.63, 3.8) is 0 Å². The van der Waals surface area contributed by atoms with Crippen LogP contribution in [0, 0.1) is 10.1 Å². The first-order chi connectivity index (χ1) is 8.64. The van der Waals surface area contributed by atoms with Crippen LogP contribution in [0.15, 0.2) is 12.4 Å². The largest absolute Gasteiger partial charge is 0.435 e. The van der Waals surface area contributed by atoms with Crippen LogP contribution in [-0.2, 0) is 4.79 Å². The first kappa shape index (κ1) is 14.9. The summed E-state index contributed by atoms with van der Waals surface area (Å²) in [7, 11) is 0. The Bertz CT molecular complexity index is 487. The molecule has 106 valence electrons. The van der Waals surface area contributed by atoms with Crippen LogP contribution in [-0.4, -0.2) is 37.8 Å². The number of amides is 1. The first-order valence-electron chi connectivity index (χ1n) is 4.86. The fourth-order valence-electron chi connectivity index (χ4n) is 1.40. The van der Waals surface area contributed by atoms with Gasteiger partial charge in [-0.15, -0.1) is 0 Å². The van der Waals surface area contributed by atoms with Crippen molar-refractivity contribution in [2.75, 3.05) is 0 Å². The van der Waals surface area contributed by atoms with E-state index >= 15 is 0 Å². The molecule has 0 aliphatic rings. The maximum Gasteiger partial charge on any atom is 0.435 e. The molecule has 0 saturated heterocycles. The molecule has 1 rings (SSSR count). The Morgan fingerprint density at radius 1 is 1.63 bits per heavy atom. The Kier molecular flexibility index (Phi) is 4.09. The van der Waals surface area contributed by atoms with E-state index in [9.17, 15) is 28.1 Å². The van der Waals surface area contributed by atoms with Gasteiger partial charge in [0.1, 0.15) is 12.4 Å². The lowest BCUT2D eigenvalue weighted by Gasteiger charge is -2.18. The molecule has 0 aliphatic heterocycles. The number of aromatic nitrogens is 2. The van der Waals surface area contributed by atoms with Crippen molar-refractivity contribution in [2.45, 2.75) is 24.7 Å². The van der Waals surface area contributed by atoms with Gasteiger partial charge in [-0.25, -0.2) is 4.57 Å². The highest BCUT2D eigenvalue weighted by molar-refractivity contribution is 5.78. The predicted molar refractivity (Wildman–Crippen MR) is 53.8 cm³/mol. The Morgan fingerprint density at radius 2 is 2.21 bits per heavy atom. The van der Waals surface area contributed by atoms with E-state index in [1.807, 2.05) is 0 Å².